The molecule has 0 aliphatic heterocycles. The summed E-state index contributed by atoms with van der Waals surface area (Å²) in [6.07, 6.45) is 3.70. The average molecular weight is 341 g/mol. The van der Waals surface area contributed by atoms with Gasteiger partial charge >= 0.3 is 6.03 Å². The first-order valence-corrected chi connectivity index (χ1v) is 8.04. The van der Waals surface area contributed by atoms with Crippen LogP contribution in [0, 0.1) is 19.7 Å². The van der Waals surface area contributed by atoms with Crippen molar-refractivity contribution >= 4 is 17.4 Å². The summed E-state index contributed by atoms with van der Waals surface area (Å²) >= 11 is 0. The Bertz CT molecular complexity index is 899. The SMILES string of the molecule is CCn1nc(C)c(NC(=O)Nc2cc(-n3cccc3)ccc2F)c1C. The first kappa shape index (κ1) is 16.8. The number of carbonyl (C=O) groups excluding carboxylic acids is 1. The summed E-state index contributed by atoms with van der Waals surface area (Å²) in [4.78, 5) is 12.3. The Morgan fingerprint density at radius 1 is 1.20 bits per heavy atom. The van der Waals surface area contributed by atoms with Gasteiger partial charge in [0.2, 0.25) is 0 Å². The highest BCUT2D eigenvalue weighted by Crippen LogP contribution is 2.22. The summed E-state index contributed by atoms with van der Waals surface area (Å²) < 4.78 is 17.7. The smallest absolute Gasteiger partial charge is 0.323 e. The molecular weight excluding hydrogens is 321 g/mol. The summed E-state index contributed by atoms with van der Waals surface area (Å²) in [5.74, 6) is -0.497. The molecule has 0 bridgehead atoms. The predicted octanol–water partition coefficient (Wildman–Crippen LogP) is 4.09. The highest BCUT2D eigenvalue weighted by molar-refractivity contribution is 6.00. The molecule has 2 aromatic heterocycles. The van der Waals surface area contributed by atoms with Gasteiger partial charge in [-0.1, -0.05) is 0 Å². The van der Waals surface area contributed by atoms with Crippen molar-refractivity contribution in [3.8, 4) is 5.69 Å². The van der Waals surface area contributed by atoms with Gasteiger partial charge < -0.3 is 15.2 Å². The van der Waals surface area contributed by atoms with Crippen molar-refractivity contribution in [3.63, 3.8) is 0 Å². The molecule has 130 valence electrons. The van der Waals surface area contributed by atoms with Gasteiger partial charge in [-0.2, -0.15) is 5.10 Å². The number of urea groups is 1. The number of rotatable bonds is 4. The van der Waals surface area contributed by atoms with E-state index in [1.807, 2.05) is 49.9 Å². The number of amides is 2. The van der Waals surface area contributed by atoms with Crippen molar-refractivity contribution < 1.29 is 9.18 Å². The quantitative estimate of drug-likeness (QED) is 0.750. The minimum atomic E-state index is -0.509. The molecule has 0 aliphatic carbocycles. The summed E-state index contributed by atoms with van der Waals surface area (Å²) in [6.45, 7) is 6.39. The Kier molecular flexibility index (Phi) is 4.56. The lowest BCUT2D eigenvalue weighted by molar-refractivity contribution is 0.262. The van der Waals surface area contributed by atoms with E-state index in [-0.39, 0.29) is 5.69 Å². The fourth-order valence-corrected chi connectivity index (χ4v) is 2.73. The van der Waals surface area contributed by atoms with Crippen LogP contribution in [0.2, 0.25) is 0 Å². The second kappa shape index (κ2) is 6.80. The monoisotopic (exact) mass is 341 g/mol. The van der Waals surface area contributed by atoms with E-state index in [4.69, 9.17) is 0 Å². The third-order valence-electron chi connectivity index (χ3n) is 4.02. The van der Waals surface area contributed by atoms with Crippen LogP contribution in [-0.2, 0) is 6.54 Å². The summed E-state index contributed by atoms with van der Waals surface area (Å²) in [6, 6.07) is 7.81. The minimum absolute atomic E-state index is 0.113. The topological polar surface area (TPSA) is 63.9 Å². The van der Waals surface area contributed by atoms with Gasteiger partial charge in [0, 0.05) is 24.6 Å². The maximum atomic E-state index is 14.1. The minimum Gasteiger partial charge on any atom is -0.324 e. The molecular formula is C18H20FN5O. The molecule has 6 nitrogen and oxygen atoms in total. The number of anilines is 2. The van der Waals surface area contributed by atoms with Crippen LogP contribution >= 0.6 is 0 Å². The third kappa shape index (κ3) is 3.40. The van der Waals surface area contributed by atoms with Crippen molar-refractivity contribution in [2.45, 2.75) is 27.3 Å². The number of nitrogens with one attached hydrogen (secondary N) is 2. The molecule has 0 unspecified atom stereocenters. The van der Waals surface area contributed by atoms with Crippen molar-refractivity contribution in [1.82, 2.24) is 14.3 Å². The van der Waals surface area contributed by atoms with Gasteiger partial charge in [0.05, 0.1) is 22.8 Å². The molecule has 2 amide bonds. The van der Waals surface area contributed by atoms with E-state index in [2.05, 4.69) is 15.7 Å². The zero-order valence-electron chi connectivity index (χ0n) is 14.4. The lowest BCUT2D eigenvalue weighted by Crippen LogP contribution is -2.21. The van der Waals surface area contributed by atoms with Crippen LogP contribution in [0.5, 0.6) is 0 Å². The van der Waals surface area contributed by atoms with E-state index in [1.165, 1.54) is 6.07 Å². The first-order valence-electron chi connectivity index (χ1n) is 8.04. The second-order valence-electron chi connectivity index (χ2n) is 5.70. The number of halogens is 1. The van der Waals surface area contributed by atoms with E-state index >= 15 is 0 Å². The van der Waals surface area contributed by atoms with Gasteiger partial charge in [0.1, 0.15) is 5.82 Å². The highest BCUT2D eigenvalue weighted by Gasteiger charge is 2.15. The molecule has 3 aromatic rings. The molecule has 0 saturated carbocycles. The fraction of sp³-hybridized carbons (Fsp3) is 0.222. The molecule has 0 radical (unpaired) electrons. The molecule has 7 heteroatoms. The van der Waals surface area contributed by atoms with Crippen LogP contribution < -0.4 is 10.6 Å². The predicted molar refractivity (Wildman–Crippen MR) is 95.7 cm³/mol. The molecule has 0 saturated heterocycles. The molecule has 25 heavy (non-hydrogen) atoms. The van der Waals surface area contributed by atoms with E-state index < -0.39 is 11.8 Å². The lowest BCUT2D eigenvalue weighted by atomic mass is 10.2. The number of nitrogens with zero attached hydrogens (tertiary/aromatic N) is 3. The number of hydrogen-bond donors (Lipinski definition) is 2. The molecule has 0 spiro atoms. The third-order valence-corrected chi connectivity index (χ3v) is 4.02. The molecule has 0 atom stereocenters. The first-order chi connectivity index (χ1) is 12.0. The Balaban J connectivity index is 1.79. The molecule has 1 aromatic carbocycles. The Morgan fingerprint density at radius 2 is 1.92 bits per heavy atom. The van der Waals surface area contributed by atoms with Crippen molar-refractivity contribution in [3.05, 3.63) is 59.9 Å². The zero-order chi connectivity index (χ0) is 18.0. The van der Waals surface area contributed by atoms with Crippen molar-refractivity contribution in [2.75, 3.05) is 10.6 Å². The van der Waals surface area contributed by atoms with E-state index in [0.717, 1.165) is 17.1 Å². The zero-order valence-corrected chi connectivity index (χ0v) is 14.4. The van der Waals surface area contributed by atoms with Gasteiger partial charge in [-0.25, -0.2) is 9.18 Å². The largest absolute Gasteiger partial charge is 0.324 e. The maximum absolute atomic E-state index is 14.1. The van der Waals surface area contributed by atoms with E-state index in [9.17, 15) is 9.18 Å². The number of benzene rings is 1. The Hall–Kier alpha value is -3.09. The maximum Gasteiger partial charge on any atom is 0.323 e. The number of aryl methyl sites for hydroxylation is 2. The van der Waals surface area contributed by atoms with Crippen LogP contribution in [0.15, 0.2) is 42.7 Å². The van der Waals surface area contributed by atoms with Gasteiger partial charge in [-0.05, 0) is 51.1 Å². The average Bonchev–Trinajstić information content (AvgIpc) is 3.21. The van der Waals surface area contributed by atoms with E-state index in [0.29, 0.717) is 12.2 Å². The summed E-state index contributed by atoms with van der Waals surface area (Å²) in [7, 11) is 0. The summed E-state index contributed by atoms with van der Waals surface area (Å²) in [5.41, 5.74) is 3.09. The number of hydrogen-bond acceptors (Lipinski definition) is 2. The lowest BCUT2D eigenvalue weighted by Gasteiger charge is -2.11. The van der Waals surface area contributed by atoms with E-state index in [1.54, 1.807) is 16.8 Å². The molecule has 0 fully saturated rings. The second-order valence-corrected chi connectivity index (χ2v) is 5.70. The van der Waals surface area contributed by atoms with Crippen LogP contribution in [0.4, 0.5) is 20.6 Å². The molecule has 2 heterocycles. The van der Waals surface area contributed by atoms with Gasteiger partial charge in [-0.3, -0.25) is 4.68 Å². The van der Waals surface area contributed by atoms with Gasteiger partial charge in [0.25, 0.3) is 0 Å². The van der Waals surface area contributed by atoms with Crippen LogP contribution in [0.25, 0.3) is 5.69 Å². The van der Waals surface area contributed by atoms with Crippen LogP contribution in [-0.4, -0.2) is 20.4 Å². The fourth-order valence-electron chi connectivity index (χ4n) is 2.73. The van der Waals surface area contributed by atoms with Crippen LogP contribution in [0.1, 0.15) is 18.3 Å². The number of aromatic nitrogens is 3. The summed E-state index contributed by atoms with van der Waals surface area (Å²) in [5, 5.41) is 9.67. The van der Waals surface area contributed by atoms with Gasteiger partial charge in [0.15, 0.2) is 0 Å². The molecule has 0 aliphatic rings. The normalized spacial score (nSPS) is 10.7. The van der Waals surface area contributed by atoms with Crippen molar-refractivity contribution in [2.24, 2.45) is 0 Å². The standard InChI is InChI=1S/C18H20FN5O/c1-4-24-13(3)17(12(2)22-24)21-18(25)20-16-11-14(7-8-15(16)19)23-9-5-6-10-23/h5-11H,4H2,1-3H3,(H2,20,21,25). The molecule has 3 rings (SSSR count). The highest BCUT2D eigenvalue weighted by atomic mass is 19.1. The Morgan fingerprint density at radius 3 is 2.56 bits per heavy atom. The molecule has 2 N–H and O–H groups in total. The number of carbonyl (C=O) groups is 1. The Labute approximate surface area is 145 Å². The van der Waals surface area contributed by atoms with Crippen LogP contribution in [0.3, 0.4) is 0 Å². The van der Waals surface area contributed by atoms with Gasteiger partial charge in [-0.15, -0.1) is 0 Å². The van der Waals surface area contributed by atoms with Crippen molar-refractivity contribution in [1.29, 1.82) is 0 Å².